The molecule has 31 heavy (non-hydrogen) atoms. The zero-order valence-electron chi connectivity index (χ0n) is 18.5. The smallest absolute Gasteiger partial charge is 0.320 e. The number of nitrogens with zero attached hydrogens (tertiary/aromatic N) is 3. The monoisotopic (exact) mass is 645 g/mol. The number of anilines is 2. The van der Waals surface area contributed by atoms with Crippen LogP contribution in [0.4, 0.5) is 16.4 Å². The van der Waals surface area contributed by atoms with Crippen LogP contribution in [0.15, 0.2) is 30.6 Å². The first-order valence-corrected chi connectivity index (χ1v) is 9.50. The van der Waals surface area contributed by atoms with E-state index in [0.717, 1.165) is 22.1 Å². The third kappa shape index (κ3) is 6.02. The van der Waals surface area contributed by atoms with Crippen LogP contribution in [0.3, 0.4) is 0 Å². The van der Waals surface area contributed by atoms with Gasteiger partial charge in [-0.15, -0.1) is 0 Å². The predicted octanol–water partition coefficient (Wildman–Crippen LogP) is 4.23. The summed E-state index contributed by atoms with van der Waals surface area (Å²) < 4.78 is 0. The maximum absolute atomic E-state index is 11.9. The van der Waals surface area contributed by atoms with Crippen molar-refractivity contribution in [2.24, 2.45) is 0 Å². The molecule has 3 heterocycles. The first kappa shape index (κ1) is 26.5. The zero-order chi connectivity index (χ0) is 21.0. The van der Waals surface area contributed by atoms with Gasteiger partial charge in [0.1, 0.15) is 17.3 Å². The second kappa shape index (κ2) is 11.8. The molecule has 0 unspecified atom stereocenters. The third-order valence-electron chi connectivity index (χ3n) is 4.52. The topological polar surface area (TPSA) is 109 Å². The van der Waals surface area contributed by atoms with Gasteiger partial charge in [0.2, 0.25) is 0 Å². The fraction of sp³-hybridized carbons (Fsp3) is 0.273. The molecule has 0 aliphatic rings. The van der Waals surface area contributed by atoms with E-state index in [1.807, 2.05) is 32.9 Å². The number of rotatable bonds is 6. The number of hydrogen-bond acceptors (Lipinski definition) is 6. The summed E-state index contributed by atoms with van der Waals surface area (Å²) in [7, 11) is 1.80. The number of pyridine rings is 3. The minimum Gasteiger partial charge on any atom is -0.373 e. The Hall–Kier alpha value is -2.50. The minimum atomic E-state index is -0.312. The van der Waals surface area contributed by atoms with Crippen LogP contribution in [0.25, 0.3) is 22.0 Å². The average Bonchev–Trinajstić information content (AvgIpc) is 2.72. The Morgan fingerprint density at radius 1 is 1.03 bits per heavy atom. The molecule has 0 fully saturated rings. The van der Waals surface area contributed by atoms with Crippen molar-refractivity contribution in [3.05, 3.63) is 49.3 Å². The number of urea groups is 1. The van der Waals surface area contributed by atoms with Crippen LogP contribution in [0.1, 0.15) is 36.3 Å². The summed E-state index contributed by atoms with van der Waals surface area (Å²) in [5.41, 5.74) is 3.86. The average molecular weight is 646 g/mol. The number of fused-ring (bicyclic) bond motifs is 1. The van der Waals surface area contributed by atoms with Gasteiger partial charge < -0.3 is 18.1 Å². The Balaban J connectivity index is 0.00000240. The molecule has 3 aromatic rings. The molecule has 2 amide bonds. The summed E-state index contributed by atoms with van der Waals surface area (Å²) in [6.07, 6.45) is 3.80. The summed E-state index contributed by atoms with van der Waals surface area (Å²) in [4.78, 5) is 37.0. The Labute approximate surface area is 206 Å². The number of aromatic nitrogens is 3. The van der Waals surface area contributed by atoms with Gasteiger partial charge in [0.05, 0.1) is 5.52 Å². The molecule has 0 saturated heterocycles. The van der Waals surface area contributed by atoms with E-state index in [1.54, 1.807) is 25.5 Å². The van der Waals surface area contributed by atoms with E-state index in [9.17, 15) is 9.59 Å². The molecule has 0 aromatic carbocycles. The number of amides is 2. The predicted molar refractivity (Wildman–Crippen MR) is 121 cm³/mol. The van der Waals surface area contributed by atoms with E-state index in [0.29, 0.717) is 35.8 Å². The summed E-state index contributed by atoms with van der Waals surface area (Å²) in [5.74, 6) is 1.11. The van der Waals surface area contributed by atoms with E-state index in [2.05, 4.69) is 30.9 Å². The van der Waals surface area contributed by atoms with Crippen LogP contribution >= 0.6 is 0 Å². The first-order valence-electron chi connectivity index (χ1n) is 9.50. The summed E-state index contributed by atoms with van der Waals surface area (Å²) in [5, 5.41) is 9.29. The van der Waals surface area contributed by atoms with Crippen molar-refractivity contribution in [3.8, 4) is 11.1 Å². The summed E-state index contributed by atoms with van der Waals surface area (Å²) >= 11 is 0. The maximum Gasteiger partial charge on any atom is 0.320 e. The van der Waals surface area contributed by atoms with Gasteiger partial charge in [-0.05, 0) is 31.5 Å². The van der Waals surface area contributed by atoms with Gasteiger partial charge in [0.15, 0.2) is 5.78 Å². The van der Waals surface area contributed by atoms with Gasteiger partial charge in [-0.3, -0.25) is 15.1 Å². The fourth-order valence-electron chi connectivity index (χ4n) is 3.02. The second-order valence-corrected chi connectivity index (χ2v) is 6.54. The molecule has 0 saturated carbocycles. The summed E-state index contributed by atoms with van der Waals surface area (Å²) in [6.45, 7) is 6.14. The SMILES string of the molecule is CCNC(=O)Nc1cc2nc(NC)c(-c3cnc(C(=O)CC)cc3C)cc2cn1.[CH3-].[U]. The molecule has 162 valence electrons. The van der Waals surface area contributed by atoms with Crippen molar-refractivity contribution < 1.29 is 40.7 Å². The van der Waals surface area contributed by atoms with Crippen LogP contribution in [0.5, 0.6) is 0 Å². The second-order valence-electron chi connectivity index (χ2n) is 6.54. The molecule has 3 aromatic heterocycles. The molecule has 8 nitrogen and oxygen atoms in total. The van der Waals surface area contributed by atoms with Crippen molar-refractivity contribution in [1.29, 1.82) is 0 Å². The number of hydrogen-bond donors (Lipinski definition) is 3. The van der Waals surface area contributed by atoms with E-state index in [1.165, 1.54) is 0 Å². The van der Waals surface area contributed by atoms with Crippen molar-refractivity contribution in [1.82, 2.24) is 20.3 Å². The zero-order valence-corrected chi connectivity index (χ0v) is 22.6. The molecular weight excluding hydrogens is 618 g/mol. The molecule has 0 aliphatic carbocycles. The molecule has 0 atom stereocenters. The standard InChI is InChI=1S/C21H24N6O2.CH3.U/c1-5-18(28)17-7-12(3)15(11-24-17)14-8-13-10-25-19(27-21(29)23-6-2)9-16(13)26-20(14)22-4;;/h7-11H,5-6H2,1-4H3,(H,22,26)(H2,23,25,27,29);1H3;/q;-1;. The van der Waals surface area contributed by atoms with E-state index >= 15 is 0 Å². The molecule has 0 spiro atoms. The number of aryl methyl sites for hydroxylation is 1. The quantitative estimate of drug-likeness (QED) is 0.274. The Bertz CT molecular complexity index is 1090. The number of nitrogens with one attached hydrogen (secondary N) is 3. The number of Topliss-reactive ketones (excluding diaryl/α,β-unsaturated/α-hetero) is 1. The van der Waals surface area contributed by atoms with Crippen LogP contribution < -0.4 is 16.0 Å². The molecule has 3 N–H and O–H groups in total. The van der Waals surface area contributed by atoms with Crippen LogP contribution in [0, 0.1) is 45.5 Å². The summed E-state index contributed by atoms with van der Waals surface area (Å²) in [6, 6.07) is 5.20. The fourth-order valence-corrected chi connectivity index (χ4v) is 3.02. The van der Waals surface area contributed by atoms with E-state index in [4.69, 9.17) is 0 Å². The minimum absolute atomic E-state index is 0. The van der Waals surface area contributed by atoms with Crippen LogP contribution in [-0.2, 0) is 0 Å². The maximum atomic E-state index is 11.9. The van der Waals surface area contributed by atoms with Crippen molar-refractivity contribution in [2.45, 2.75) is 27.2 Å². The number of carbonyl (C=O) groups excluding carboxylic acids is 2. The molecule has 0 bridgehead atoms. The van der Waals surface area contributed by atoms with E-state index < -0.39 is 0 Å². The molecule has 0 aliphatic heterocycles. The number of ketones is 1. The largest absolute Gasteiger partial charge is 0.373 e. The van der Waals surface area contributed by atoms with E-state index in [-0.39, 0.29) is 50.4 Å². The molecule has 0 radical (unpaired) electrons. The van der Waals surface area contributed by atoms with Crippen molar-refractivity contribution >= 4 is 34.4 Å². The Kier molecular flexibility index (Phi) is 10.1. The molecule has 9 heteroatoms. The Morgan fingerprint density at radius 2 is 1.77 bits per heavy atom. The molecular formula is C22H27N6O2U-. The van der Waals surface area contributed by atoms with Crippen LogP contribution in [-0.4, -0.2) is 40.4 Å². The molecule has 3 rings (SSSR count). The van der Waals surface area contributed by atoms with Gasteiger partial charge in [0, 0.05) is 86.1 Å². The van der Waals surface area contributed by atoms with Crippen LogP contribution in [0.2, 0.25) is 0 Å². The van der Waals surface area contributed by atoms with Crippen molar-refractivity contribution in [2.75, 3.05) is 24.2 Å². The van der Waals surface area contributed by atoms with Gasteiger partial charge in [-0.2, -0.15) is 0 Å². The first-order chi connectivity index (χ1) is 14.0. The van der Waals surface area contributed by atoms with Crippen molar-refractivity contribution in [3.63, 3.8) is 0 Å². The Morgan fingerprint density at radius 3 is 2.39 bits per heavy atom. The van der Waals surface area contributed by atoms with Gasteiger partial charge >= 0.3 is 6.03 Å². The van der Waals surface area contributed by atoms with Gasteiger partial charge in [0.25, 0.3) is 0 Å². The number of carbonyl (C=O) groups is 2. The third-order valence-corrected chi connectivity index (χ3v) is 4.52. The van der Waals surface area contributed by atoms with Gasteiger partial charge in [-0.25, -0.2) is 14.8 Å². The van der Waals surface area contributed by atoms with Gasteiger partial charge in [-0.1, -0.05) is 6.92 Å². The normalized spacial score (nSPS) is 9.94.